The first-order valence-electron chi connectivity index (χ1n) is 11.3. The fourth-order valence-electron chi connectivity index (χ4n) is 5.82. The van der Waals surface area contributed by atoms with E-state index in [9.17, 15) is 8.78 Å². The highest BCUT2D eigenvalue weighted by molar-refractivity contribution is 5.92. The molecular weight excluding hydrogens is 392 g/mol. The van der Waals surface area contributed by atoms with Crippen LogP contribution in [0.25, 0.3) is 10.9 Å². The van der Waals surface area contributed by atoms with E-state index >= 15 is 0 Å². The van der Waals surface area contributed by atoms with Gasteiger partial charge in [0.05, 0.1) is 11.2 Å². The Morgan fingerprint density at radius 2 is 1.61 bits per heavy atom. The highest BCUT2D eigenvalue weighted by Crippen LogP contribution is 2.52. The molecule has 1 aromatic carbocycles. The molecule has 1 aromatic heterocycles. The van der Waals surface area contributed by atoms with Crippen molar-refractivity contribution in [1.82, 2.24) is 10.3 Å². The Balaban J connectivity index is 0.000000189. The zero-order valence-electron chi connectivity index (χ0n) is 19.5. The molecule has 5 heteroatoms. The number of nitrogens with one attached hydrogen (secondary N) is 3. The molecule has 0 aliphatic heterocycles. The van der Waals surface area contributed by atoms with Crippen molar-refractivity contribution in [3.05, 3.63) is 55.3 Å². The molecule has 2 atom stereocenters. The Kier molecular flexibility index (Phi) is 9.30. The van der Waals surface area contributed by atoms with Crippen LogP contribution in [0.4, 0.5) is 14.5 Å². The van der Waals surface area contributed by atoms with Crippen molar-refractivity contribution in [1.29, 1.82) is 0 Å². The SMILES string of the molecule is C=CC=C.CNCC12CC(C)CC(CC(C)C1)C2.CNc1c[nH]c2cc(F)c(F)cc12. The lowest BCUT2D eigenvalue weighted by molar-refractivity contribution is 0.0200. The fraction of sp³-hybridized carbons (Fsp3) is 0.538. The molecule has 2 saturated carbocycles. The van der Waals surface area contributed by atoms with Gasteiger partial charge in [0.25, 0.3) is 0 Å². The van der Waals surface area contributed by atoms with Crippen LogP contribution in [-0.4, -0.2) is 25.6 Å². The van der Waals surface area contributed by atoms with Crippen molar-refractivity contribution in [2.24, 2.45) is 23.2 Å². The van der Waals surface area contributed by atoms with Crippen molar-refractivity contribution in [3.8, 4) is 0 Å². The molecule has 2 fully saturated rings. The summed E-state index contributed by atoms with van der Waals surface area (Å²) >= 11 is 0. The number of anilines is 1. The van der Waals surface area contributed by atoms with E-state index in [0.717, 1.165) is 29.5 Å². The van der Waals surface area contributed by atoms with Crippen LogP contribution in [0.3, 0.4) is 0 Å². The van der Waals surface area contributed by atoms with Gasteiger partial charge in [-0.1, -0.05) is 39.2 Å². The molecule has 2 aromatic rings. The van der Waals surface area contributed by atoms with E-state index in [4.69, 9.17) is 0 Å². The predicted octanol–water partition coefficient (Wildman–Crippen LogP) is 6.90. The molecule has 0 amide bonds. The molecular formula is C26H39F2N3. The first kappa shape index (κ1) is 25.1. The van der Waals surface area contributed by atoms with Gasteiger partial charge in [0, 0.05) is 31.2 Å². The summed E-state index contributed by atoms with van der Waals surface area (Å²) < 4.78 is 25.6. The summed E-state index contributed by atoms with van der Waals surface area (Å²) in [6.45, 7) is 12.9. The number of halogens is 2. The van der Waals surface area contributed by atoms with Crippen LogP contribution in [0.5, 0.6) is 0 Å². The van der Waals surface area contributed by atoms with Gasteiger partial charge in [0.1, 0.15) is 0 Å². The van der Waals surface area contributed by atoms with E-state index in [1.165, 1.54) is 44.7 Å². The Morgan fingerprint density at radius 3 is 2.13 bits per heavy atom. The number of allylic oxidation sites excluding steroid dienone is 2. The number of rotatable bonds is 4. The first-order valence-corrected chi connectivity index (χ1v) is 11.3. The van der Waals surface area contributed by atoms with Crippen LogP contribution >= 0.6 is 0 Å². The summed E-state index contributed by atoms with van der Waals surface area (Å²) in [5.74, 6) is 1.31. The second-order valence-electron chi connectivity index (χ2n) is 9.43. The van der Waals surface area contributed by atoms with Gasteiger partial charge in [-0.05, 0) is 68.4 Å². The van der Waals surface area contributed by atoms with E-state index in [1.807, 2.05) is 0 Å². The molecule has 31 heavy (non-hydrogen) atoms. The monoisotopic (exact) mass is 431 g/mol. The third-order valence-corrected chi connectivity index (χ3v) is 6.47. The average Bonchev–Trinajstić information content (AvgIpc) is 3.09. The molecule has 3 nitrogen and oxygen atoms in total. The van der Waals surface area contributed by atoms with E-state index in [1.54, 1.807) is 25.4 Å². The van der Waals surface area contributed by atoms with E-state index in [0.29, 0.717) is 16.3 Å². The molecule has 3 N–H and O–H groups in total. The van der Waals surface area contributed by atoms with Crippen LogP contribution in [0.1, 0.15) is 46.0 Å². The minimum atomic E-state index is -0.836. The molecule has 2 aliphatic carbocycles. The Morgan fingerprint density at radius 1 is 1.03 bits per heavy atom. The maximum Gasteiger partial charge on any atom is 0.160 e. The summed E-state index contributed by atoms with van der Waals surface area (Å²) in [7, 11) is 3.84. The minimum absolute atomic E-state index is 0.586. The molecule has 4 rings (SSSR count). The Bertz CT molecular complexity index is 832. The fourth-order valence-corrected chi connectivity index (χ4v) is 5.82. The van der Waals surface area contributed by atoms with Gasteiger partial charge in [-0.25, -0.2) is 8.78 Å². The largest absolute Gasteiger partial charge is 0.386 e. The Hall–Kier alpha value is -2.14. The van der Waals surface area contributed by atoms with Crippen molar-refractivity contribution in [2.45, 2.75) is 46.0 Å². The quantitative estimate of drug-likeness (QED) is 0.461. The predicted molar refractivity (Wildman–Crippen MR) is 129 cm³/mol. The maximum absolute atomic E-state index is 12.8. The summed E-state index contributed by atoms with van der Waals surface area (Å²) in [4.78, 5) is 2.84. The van der Waals surface area contributed by atoms with Crippen molar-refractivity contribution < 1.29 is 8.78 Å². The van der Waals surface area contributed by atoms with E-state index < -0.39 is 11.6 Å². The topological polar surface area (TPSA) is 39.8 Å². The molecule has 0 radical (unpaired) electrons. The second-order valence-corrected chi connectivity index (χ2v) is 9.43. The van der Waals surface area contributed by atoms with Gasteiger partial charge in [-0.3, -0.25) is 0 Å². The smallest absolute Gasteiger partial charge is 0.160 e. The van der Waals surface area contributed by atoms with Gasteiger partial charge >= 0.3 is 0 Å². The van der Waals surface area contributed by atoms with Gasteiger partial charge in [0.15, 0.2) is 11.6 Å². The number of aromatic amines is 1. The number of benzene rings is 1. The highest BCUT2D eigenvalue weighted by atomic mass is 19.2. The number of hydrogen-bond acceptors (Lipinski definition) is 2. The number of aromatic nitrogens is 1. The molecule has 2 aliphatic rings. The van der Waals surface area contributed by atoms with E-state index in [-0.39, 0.29) is 0 Å². The van der Waals surface area contributed by atoms with Gasteiger partial charge in [-0.2, -0.15) is 0 Å². The summed E-state index contributed by atoms with van der Waals surface area (Å²) in [5, 5.41) is 6.96. The Labute approximate surface area is 186 Å². The van der Waals surface area contributed by atoms with Crippen molar-refractivity contribution in [2.75, 3.05) is 26.0 Å². The second kappa shape index (κ2) is 11.5. The molecule has 2 unspecified atom stereocenters. The average molecular weight is 432 g/mol. The van der Waals surface area contributed by atoms with Crippen LogP contribution in [0.2, 0.25) is 0 Å². The normalized spacial score (nSPS) is 26.7. The first-order chi connectivity index (χ1) is 14.8. The molecule has 2 bridgehead atoms. The van der Waals surface area contributed by atoms with Crippen LogP contribution in [0, 0.1) is 34.8 Å². The lowest BCUT2D eigenvalue weighted by Crippen LogP contribution is -2.44. The van der Waals surface area contributed by atoms with Crippen LogP contribution < -0.4 is 10.6 Å². The van der Waals surface area contributed by atoms with Crippen LogP contribution in [0.15, 0.2) is 43.6 Å². The van der Waals surface area contributed by atoms with Crippen LogP contribution in [-0.2, 0) is 0 Å². The molecule has 0 spiro atoms. The molecule has 0 saturated heterocycles. The zero-order chi connectivity index (χ0) is 23.0. The van der Waals surface area contributed by atoms with E-state index in [2.05, 4.69) is 49.7 Å². The van der Waals surface area contributed by atoms with Gasteiger partial charge in [-0.15, -0.1) is 0 Å². The summed E-state index contributed by atoms with van der Waals surface area (Å²) in [6, 6.07) is 2.32. The van der Waals surface area contributed by atoms with Crippen molar-refractivity contribution >= 4 is 16.6 Å². The maximum atomic E-state index is 12.8. The van der Waals surface area contributed by atoms with Gasteiger partial charge < -0.3 is 15.6 Å². The standard InChI is InChI=1S/C13H25N.C9H8F2N2.C4H6/c1-10-4-12-5-11(2)7-13(6-10,8-12)9-14-3;1-12-9-4-13-8-3-7(11)6(10)2-5(8)9;1-3-4-2/h10-12,14H,4-9H2,1-3H3;2-4,12-13H,1H3;3-4H,1-2H2. The zero-order valence-corrected chi connectivity index (χ0v) is 19.5. The third kappa shape index (κ3) is 6.67. The molecule has 172 valence electrons. The summed E-state index contributed by atoms with van der Waals surface area (Å²) in [5.41, 5.74) is 2.01. The van der Waals surface area contributed by atoms with Gasteiger partial charge in [0.2, 0.25) is 0 Å². The third-order valence-electron chi connectivity index (χ3n) is 6.47. The minimum Gasteiger partial charge on any atom is -0.386 e. The number of hydrogen-bond donors (Lipinski definition) is 3. The summed E-state index contributed by atoms with van der Waals surface area (Å²) in [6.07, 6.45) is 12.4. The lowest BCUT2D eigenvalue weighted by Gasteiger charge is -2.50. The molecule has 1 heterocycles. The number of H-pyrrole nitrogens is 1. The lowest BCUT2D eigenvalue weighted by atomic mass is 9.57. The number of fused-ring (bicyclic) bond motifs is 3. The van der Waals surface area contributed by atoms with Crippen molar-refractivity contribution in [3.63, 3.8) is 0 Å². The highest BCUT2D eigenvalue weighted by Gasteiger charge is 2.43.